The number of rotatable bonds is 11. The SMILES string of the molecule is C=C(C)C1(O)C2OC3(c4ccccc4)OC1C1C4OC4(CO)C(O)C4(O)C(=CC(=C(Cl)Cl)C4OC(=O)C(C)=CCCCCCCC)C1(O3)C2C. The molecule has 1 spiro atoms. The third-order valence-corrected chi connectivity index (χ3v) is 12.5. The summed E-state index contributed by atoms with van der Waals surface area (Å²) in [6.45, 7) is 10.7. The Morgan fingerprint density at radius 2 is 1.70 bits per heavy atom. The summed E-state index contributed by atoms with van der Waals surface area (Å²) in [6, 6.07) is 8.94. The third-order valence-electron chi connectivity index (χ3n) is 12.1. The molecule has 7 aliphatic rings. The Balaban J connectivity index is 1.37. The van der Waals surface area contributed by atoms with Crippen LogP contribution in [0.2, 0.25) is 0 Å². The molecule has 0 radical (unpaired) electrons. The average Bonchev–Trinajstić information content (AvgIpc) is 3.76. The van der Waals surface area contributed by atoms with Crippen LogP contribution in [0.25, 0.3) is 0 Å². The summed E-state index contributed by atoms with van der Waals surface area (Å²) < 4.78 is 32.2. The highest BCUT2D eigenvalue weighted by Crippen LogP contribution is 2.73. The monoisotopic (exact) mass is 732 g/mol. The summed E-state index contributed by atoms with van der Waals surface area (Å²) >= 11 is 13.0. The highest BCUT2D eigenvalue weighted by atomic mass is 35.5. The molecule has 12 unspecified atom stereocenters. The van der Waals surface area contributed by atoms with Gasteiger partial charge >= 0.3 is 11.9 Å². The van der Waals surface area contributed by atoms with Gasteiger partial charge in [-0.2, -0.15) is 0 Å². The second-order valence-corrected chi connectivity index (χ2v) is 15.8. The minimum absolute atomic E-state index is 0.0360. The van der Waals surface area contributed by atoms with Crippen molar-refractivity contribution >= 4 is 29.2 Å². The van der Waals surface area contributed by atoms with Gasteiger partial charge < -0.3 is 44.1 Å². The van der Waals surface area contributed by atoms with E-state index in [-0.39, 0.29) is 15.6 Å². The molecule has 4 N–H and O–H groups in total. The number of hydrogen-bond acceptors (Lipinski definition) is 10. The fourth-order valence-corrected chi connectivity index (χ4v) is 9.70. The molecule has 1 aromatic carbocycles. The largest absolute Gasteiger partial charge is 0.450 e. The molecule has 4 bridgehead atoms. The first-order chi connectivity index (χ1) is 23.7. The Labute approximate surface area is 302 Å². The minimum atomic E-state index is -2.47. The van der Waals surface area contributed by atoms with Crippen LogP contribution in [0.5, 0.6) is 0 Å². The number of carbonyl (C=O) groups excluding carboxylic acids is 1. The van der Waals surface area contributed by atoms with Crippen LogP contribution in [0.1, 0.15) is 71.8 Å². The summed E-state index contributed by atoms with van der Waals surface area (Å²) in [5, 5.41) is 48.8. The first-order valence-corrected chi connectivity index (χ1v) is 18.3. The smallest absolute Gasteiger partial charge is 0.334 e. The number of benzene rings is 1. The predicted octanol–water partition coefficient (Wildman–Crippen LogP) is 5.01. The van der Waals surface area contributed by atoms with Gasteiger partial charge in [-0.3, -0.25) is 0 Å². The summed E-state index contributed by atoms with van der Waals surface area (Å²) in [7, 11) is 0. The number of hydrogen-bond donors (Lipinski definition) is 4. The van der Waals surface area contributed by atoms with E-state index in [2.05, 4.69) is 13.5 Å². The van der Waals surface area contributed by atoms with Crippen LogP contribution in [-0.4, -0.2) is 85.9 Å². The van der Waals surface area contributed by atoms with Crippen LogP contribution in [0, 0.1) is 11.8 Å². The Kier molecular flexibility index (Phi) is 9.07. The van der Waals surface area contributed by atoms with E-state index in [0.29, 0.717) is 23.1 Å². The quantitative estimate of drug-likeness (QED) is 0.0806. The highest BCUT2D eigenvalue weighted by Gasteiger charge is 2.89. The van der Waals surface area contributed by atoms with Crippen molar-refractivity contribution in [2.75, 3.05) is 6.61 Å². The molecule has 50 heavy (non-hydrogen) atoms. The molecule has 2 saturated carbocycles. The maximum Gasteiger partial charge on any atom is 0.334 e. The van der Waals surface area contributed by atoms with E-state index in [9.17, 15) is 25.2 Å². The van der Waals surface area contributed by atoms with Crippen molar-refractivity contribution in [3.8, 4) is 0 Å². The number of fused-ring (bicyclic) bond motifs is 2. The molecule has 272 valence electrons. The van der Waals surface area contributed by atoms with Crippen molar-refractivity contribution in [3.05, 3.63) is 81.4 Å². The number of unbranched alkanes of at least 4 members (excludes halogenated alkanes) is 5. The molecular formula is C38H46Cl2O10. The molecule has 0 amide bonds. The van der Waals surface area contributed by atoms with Crippen LogP contribution in [0.15, 0.2) is 75.8 Å². The maximum atomic E-state index is 13.7. The first kappa shape index (κ1) is 36.3. The topological polar surface area (TPSA) is 147 Å². The van der Waals surface area contributed by atoms with E-state index in [1.807, 2.05) is 13.0 Å². The van der Waals surface area contributed by atoms with E-state index in [1.165, 1.54) is 6.08 Å². The standard InChI is InChI=1S/C38H46Cl2O10/c1-6-7-8-9-10-12-15-21(4)32(42)46-28-24(31(39)40)18-25-36(28,45)33(43)34(19-41)29(47-34)26-30-35(44,20(2)3)27-22(5)37(25,26)50-38(48-27,49-30)23-16-13-11-14-17-23/h11,13-18,22,26-30,33,41,43-45H,2,6-10,12,19H2,1,3-5H3. The van der Waals surface area contributed by atoms with Gasteiger partial charge in [0.05, 0.1) is 12.5 Å². The second-order valence-electron chi connectivity index (χ2n) is 14.8. The van der Waals surface area contributed by atoms with Gasteiger partial charge in [0.2, 0.25) is 0 Å². The second kappa shape index (κ2) is 12.5. The van der Waals surface area contributed by atoms with Crippen LogP contribution < -0.4 is 0 Å². The molecule has 4 heterocycles. The van der Waals surface area contributed by atoms with E-state index >= 15 is 0 Å². The fraction of sp³-hybridized carbons (Fsp3) is 0.605. The molecule has 4 saturated heterocycles. The summed E-state index contributed by atoms with van der Waals surface area (Å²) in [4.78, 5) is 13.7. The van der Waals surface area contributed by atoms with Gasteiger partial charge in [-0.15, -0.1) is 0 Å². The van der Waals surface area contributed by atoms with E-state index in [1.54, 1.807) is 44.2 Å². The minimum Gasteiger partial charge on any atom is -0.450 e. The molecule has 3 aliphatic carbocycles. The molecule has 10 nitrogen and oxygen atoms in total. The van der Waals surface area contributed by atoms with Gasteiger partial charge in [0.1, 0.15) is 45.7 Å². The molecule has 1 aromatic rings. The van der Waals surface area contributed by atoms with Gasteiger partial charge in [0, 0.05) is 28.2 Å². The number of ether oxygens (including phenoxy) is 5. The summed E-state index contributed by atoms with van der Waals surface area (Å²) in [6.07, 6.45) is 2.74. The summed E-state index contributed by atoms with van der Waals surface area (Å²) in [5.41, 5.74) is -6.27. The van der Waals surface area contributed by atoms with Crippen molar-refractivity contribution in [2.24, 2.45) is 11.8 Å². The average molecular weight is 734 g/mol. The molecule has 12 atom stereocenters. The lowest BCUT2D eigenvalue weighted by Crippen LogP contribution is -2.84. The fourth-order valence-electron chi connectivity index (χ4n) is 9.39. The third kappa shape index (κ3) is 4.73. The van der Waals surface area contributed by atoms with Gasteiger partial charge in [0.25, 0.3) is 0 Å². The number of allylic oxidation sites excluding steroid dienone is 1. The Bertz CT molecular complexity index is 1660. The van der Waals surface area contributed by atoms with Crippen LogP contribution in [0.3, 0.4) is 0 Å². The highest BCUT2D eigenvalue weighted by molar-refractivity contribution is 6.56. The van der Waals surface area contributed by atoms with Gasteiger partial charge in [0.15, 0.2) is 11.7 Å². The zero-order chi connectivity index (χ0) is 36.0. The number of aliphatic hydroxyl groups excluding tert-OH is 2. The van der Waals surface area contributed by atoms with E-state index < -0.39 is 83.3 Å². The van der Waals surface area contributed by atoms with Crippen LogP contribution in [-0.2, 0) is 34.5 Å². The van der Waals surface area contributed by atoms with Crippen LogP contribution >= 0.6 is 23.2 Å². The van der Waals surface area contributed by atoms with Crippen molar-refractivity contribution in [1.29, 1.82) is 0 Å². The maximum absolute atomic E-state index is 13.7. The van der Waals surface area contributed by atoms with Gasteiger partial charge in [-0.05, 0) is 38.3 Å². The van der Waals surface area contributed by atoms with E-state index in [4.69, 9.17) is 46.9 Å². The molecule has 0 aromatic heterocycles. The summed E-state index contributed by atoms with van der Waals surface area (Å²) in [5.74, 6) is -4.29. The zero-order valence-corrected chi connectivity index (χ0v) is 30.2. The molecule has 8 rings (SSSR count). The lowest BCUT2D eigenvalue weighted by Gasteiger charge is -2.71. The molecule has 12 heteroatoms. The number of carbonyl (C=O) groups is 1. The van der Waals surface area contributed by atoms with Crippen molar-refractivity contribution in [3.63, 3.8) is 0 Å². The predicted molar refractivity (Wildman–Crippen MR) is 184 cm³/mol. The van der Waals surface area contributed by atoms with Crippen molar-refractivity contribution < 1.29 is 48.9 Å². The Morgan fingerprint density at radius 1 is 1.02 bits per heavy atom. The van der Waals surface area contributed by atoms with E-state index in [0.717, 1.165) is 32.1 Å². The van der Waals surface area contributed by atoms with Crippen LogP contribution in [0.4, 0.5) is 0 Å². The molecule has 6 fully saturated rings. The zero-order valence-electron chi connectivity index (χ0n) is 28.7. The molecular weight excluding hydrogens is 687 g/mol. The number of halogens is 2. The van der Waals surface area contributed by atoms with Crippen molar-refractivity contribution in [2.45, 2.75) is 125 Å². The Hall–Kier alpha value is -2.09. The van der Waals surface area contributed by atoms with Gasteiger partial charge in [-0.25, -0.2) is 4.79 Å². The lowest BCUT2D eigenvalue weighted by molar-refractivity contribution is -0.571. The lowest BCUT2D eigenvalue weighted by atomic mass is 9.53. The normalized spacial score (nSPS) is 43.8. The van der Waals surface area contributed by atoms with Gasteiger partial charge in [-0.1, -0.05) is 106 Å². The number of aliphatic hydroxyl groups is 4. The molecule has 4 aliphatic heterocycles. The van der Waals surface area contributed by atoms with Crippen molar-refractivity contribution in [1.82, 2.24) is 0 Å². The Morgan fingerprint density at radius 3 is 2.34 bits per heavy atom. The first-order valence-electron chi connectivity index (χ1n) is 17.5. The number of esters is 1. The number of epoxide rings is 1.